The van der Waals surface area contributed by atoms with Crippen LogP contribution in [0.15, 0.2) is 69.0 Å². The van der Waals surface area contributed by atoms with E-state index in [1.165, 1.54) is 10.5 Å². The predicted molar refractivity (Wildman–Crippen MR) is 136 cm³/mol. The highest BCUT2D eigenvalue weighted by Crippen LogP contribution is 2.19. The standard InChI is InChI=1S/C26H23BrN4O5/c1-2-35-26(34)19-14-18-22(28-21-11-5-6-12-30(21)25(18)33)31(15-16-8-7-13-36-16)23(19)29-24(32)17-9-3-4-10-20(17)27/h3-6,9-12,14,16H,2,7-8,13,15H2,1H3/t16-/m0/s1. The summed E-state index contributed by atoms with van der Waals surface area (Å²) in [7, 11) is 0. The first-order valence-corrected chi connectivity index (χ1v) is 12.4. The number of pyridine rings is 2. The molecule has 0 saturated carbocycles. The fraction of sp³-hybridized carbons (Fsp3) is 0.269. The second-order valence-corrected chi connectivity index (χ2v) is 9.18. The van der Waals surface area contributed by atoms with Crippen molar-refractivity contribution >= 4 is 44.5 Å². The zero-order valence-corrected chi connectivity index (χ0v) is 21.1. The van der Waals surface area contributed by atoms with Crippen molar-refractivity contribution in [3.05, 3.63) is 86.2 Å². The van der Waals surface area contributed by atoms with E-state index >= 15 is 0 Å². The summed E-state index contributed by atoms with van der Waals surface area (Å²) in [5.74, 6) is -1.23. The maximum absolute atomic E-state index is 13.4. The van der Waals surface area contributed by atoms with Crippen LogP contribution in [0.5, 0.6) is 0 Å². The van der Waals surface area contributed by atoms with Gasteiger partial charge in [-0.25, -0.2) is 9.78 Å². The molecular weight excluding hydrogens is 528 g/mol. The summed E-state index contributed by atoms with van der Waals surface area (Å²) >= 11 is 3.39. The van der Waals surface area contributed by atoms with Crippen LogP contribution >= 0.6 is 15.9 Å². The quantitative estimate of drug-likeness (QED) is 0.278. The van der Waals surface area contributed by atoms with Gasteiger partial charge in [0, 0.05) is 17.3 Å². The summed E-state index contributed by atoms with van der Waals surface area (Å²) in [6.07, 6.45) is 3.12. The van der Waals surface area contributed by atoms with E-state index in [4.69, 9.17) is 14.5 Å². The summed E-state index contributed by atoms with van der Waals surface area (Å²) in [4.78, 5) is 48.9. The number of ether oxygens (including phenoxy) is 2. The maximum Gasteiger partial charge on any atom is 0.341 e. The zero-order chi connectivity index (χ0) is 25.2. The lowest BCUT2D eigenvalue weighted by atomic mass is 10.1. The number of fused-ring (bicyclic) bond motifs is 2. The van der Waals surface area contributed by atoms with Crippen LogP contribution in [0.25, 0.3) is 16.7 Å². The van der Waals surface area contributed by atoms with Gasteiger partial charge in [-0.3, -0.25) is 14.0 Å². The minimum Gasteiger partial charge on any atom is -0.462 e. The molecule has 9 nitrogen and oxygen atoms in total. The van der Waals surface area contributed by atoms with E-state index in [1.54, 1.807) is 60.2 Å². The monoisotopic (exact) mass is 550 g/mol. The third-order valence-corrected chi connectivity index (χ3v) is 6.70. The van der Waals surface area contributed by atoms with Crippen molar-refractivity contribution in [3.8, 4) is 0 Å². The average Bonchev–Trinajstić information content (AvgIpc) is 3.39. The first-order valence-electron chi connectivity index (χ1n) is 11.6. The van der Waals surface area contributed by atoms with E-state index in [0.29, 0.717) is 27.9 Å². The molecule has 0 aliphatic carbocycles. The molecule has 0 radical (unpaired) electrons. The van der Waals surface area contributed by atoms with Crippen molar-refractivity contribution in [3.63, 3.8) is 0 Å². The SMILES string of the molecule is CCOC(=O)c1cc2c(=O)n3ccccc3nc2n(C[C@@H]2CCCO2)c1=NC(=O)c1ccccc1Br. The Morgan fingerprint density at radius 2 is 2.00 bits per heavy atom. The normalized spacial score (nSPS) is 16.1. The fourth-order valence-corrected chi connectivity index (χ4v) is 4.77. The lowest BCUT2D eigenvalue weighted by Crippen LogP contribution is -2.35. The van der Waals surface area contributed by atoms with Gasteiger partial charge in [-0.1, -0.05) is 18.2 Å². The highest BCUT2D eigenvalue weighted by Gasteiger charge is 2.24. The van der Waals surface area contributed by atoms with E-state index in [-0.39, 0.29) is 41.3 Å². The number of nitrogens with zero attached hydrogens (tertiary/aromatic N) is 4. The van der Waals surface area contributed by atoms with Crippen molar-refractivity contribution in [1.29, 1.82) is 0 Å². The Bertz CT molecular complexity index is 1620. The highest BCUT2D eigenvalue weighted by atomic mass is 79.9. The van der Waals surface area contributed by atoms with Crippen molar-refractivity contribution in [2.24, 2.45) is 4.99 Å². The van der Waals surface area contributed by atoms with Crippen LogP contribution in [0, 0.1) is 0 Å². The van der Waals surface area contributed by atoms with Crippen molar-refractivity contribution in [2.75, 3.05) is 13.2 Å². The Balaban J connectivity index is 1.87. The van der Waals surface area contributed by atoms with Crippen LogP contribution in [-0.4, -0.2) is 45.1 Å². The summed E-state index contributed by atoms with van der Waals surface area (Å²) in [5, 5.41) is 0.215. The zero-order valence-electron chi connectivity index (χ0n) is 19.5. The van der Waals surface area contributed by atoms with Gasteiger partial charge in [0.2, 0.25) is 0 Å². The van der Waals surface area contributed by atoms with E-state index in [2.05, 4.69) is 20.9 Å². The smallest absolute Gasteiger partial charge is 0.341 e. The fourth-order valence-electron chi connectivity index (χ4n) is 4.31. The van der Waals surface area contributed by atoms with Gasteiger partial charge in [-0.15, -0.1) is 0 Å². The van der Waals surface area contributed by atoms with Crippen LogP contribution in [0.4, 0.5) is 0 Å². The molecule has 1 saturated heterocycles. The molecule has 0 spiro atoms. The predicted octanol–water partition coefficient (Wildman–Crippen LogP) is 3.51. The molecule has 36 heavy (non-hydrogen) atoms. The Morgan fingerprint density at radius 1 is 1.19 bits per heavy atom. The number of hydrogen-bond acceptors (Lipinski definition) is 6. The number of amides is 1. The molecule has 0 N–H and O–H groups in total. The lowest BCUT2D eigenvalue weighted by Gasteiger charge is -2.18. The number of aromatic nitrogens is 3. The van der Waals surface area contributed by atoms with Gasteiger partial charge in [0.15, 0.2) is 5.49 Å². The number of hydrogen-bond donors (Lipinski definition) is 0. The molecule has 3 aromatic heterocycles. The van der Waals surface area contributed by atoms with E-state index in [9.17, 15) is 14.4 Å². The van der Waals surface area contributed by atoms with Gasteiger partial charge in [-0.05, 0) is 66.0 Å². The van der Waals surface area contributed by atoms with Crippen molar-refractivity contribution < 1.29 is 19.1 Å². The number of esters is 1. The number of carbonyl (C=O) groups is 2. The molecule has 10 heteroatoms. The van der Waals surface area contributed by atoms with Crippen LogP contribution in [0.3, 0.4) is 0 Å². The van der Waals surface area contributed by atoms with Gasteiger partial charge < -0.3 is 14.0 Å². The number of benzene rings is 1. The molecule has 1 fully saturated rings. The summed E-state index contributed by atoms with van der Waals surface area (Å²) in [6, 6.07) is 13.6. The van der Waals surface area contributed by atoms with Gasteiger partial charge in [0.05, 0.1) is 30.2 Å². The first kappa shape index (κ1) is 24.1. The van der Waals surface area contributed by atoms with Gasteiger partial charge in [0.1, 0.15) is 16.9 Å². The second kappa shape index (κ2) is 10.2. The molecular formula is C26H23BrN4O5. The summed E-state index contributed by atoms with van der Waals surface area (Å²) < 4.78 is 14.8. The van der Waals surface area contributed by atoms with Gasteiger partial charge in [0.25, 0.3) is 11.5 Å². The molecule has 1 amide bonds. The molecule has 5 rings (SSSR count). The van der Waals surface area contributed by atoms with E-state index in [1.807, 2.05) is 0 Å². The lowest BCUT2D eigenvalue weighted by molar-refractivity contribution is 0.0521. The molecule has 1 aliphatic rings. The minimum atomic E-state index is -0.684. The molecule has 1 aromatic carbocycles. The molecule has 1 aliphatic heterocycles. The summed E-state index contributed by atoms with van der Waals surface area (Å²) in [5.41, 5.74) is 0.826. The van der Waals surface area contributed by atoms with E-state index < -0.39 is 11.9 Å². The van der Waals surface area contributed by atoms with E-state index in [0.717, 1.165) is 12.8 Å². The van der Waals surface area contributed by atoms with Crippen molar-refractivity contribution in [2.45, 2.75) is 32.4 Å². The minimum absolute atomic E-state index is 0.0116. The third-order valence-electron chi connectivity index (χ3n) is 6.01. The van der Waals surface area contributed by atoms with Crippen molar-refractivity contribution in [1.82, 2.24) is 14.0 Å². The van der Waals surface area contributed by atoms with Gasteiger partial charge >= 0.3 is 5.97 Å². The first-order chi connectivity index (χ1) is 17.5. The van der Waals surface area contributed by atoms with Crippen LogP contribution in [0.2, 0.25) is 0 Å². The maximum atomic E-state index is 13.4. The molecule has 1 atom stereocenters. The van der Waals surface area contributed by atoms with Crippen LogP contribution in [0.1, 0.15) is 40.5 Å². The third kappa shape index (κ3) is 4.49. The molecule has 4 heterocycles. The Labute approximate surface area is 214 Å². The Kier molecular flexibility index (Phi) is 6.80. The second-order valence-electron chi connectivity index (χ2n) is 8.33. The average molecular weight is 551 g/mol. The van der Waals surface area contributed by atoms with Crippen LogP contribution in [-0.2, 0) is 16.0 Å². The largest absolute Gasteiger partial charge is 0.462 e. The Hall–Kier alpha value is -3.63. The van der Waals surface area contributed by atoms with Crippen LogP contribution < -0.4 is 11.0 Å². The number of halogens is 1. The molecule has 184 valence electrons. The summed E-state index contributed by atoms with van der Waals surface area (Å²) in [6.45, 7) is 2.69. The molecule has 0 unspecified atom stereocenters. The number of carbonyl (C=O) groups excluding carboxylic acids is 2. The molecule has 0 bridgehead atoms. The van der Waals surface area contributed by atoms with Gasteiger partial charge in [-0.2, -0.15) is 4.99 Å². The number of rotatable bonds is 5. The Morgan fingerprint density at radius 3 is 2.75 bits per heavy atom. The molecule has 4 aromatic rings. The topological polar surface area (TPSA) is 104 Å². The highest BCUT2D eigenvalue weighted by molar-refractivity contribution is 9.10.